The van der Waals surface area contributed by atoms with Gasteiger partial charge in [-0.05, 0) is 41.9 Å². The normalized spacial score (nSPS) is 12.9. The van der Waals surface area contributed by atoms with Crippen LogP contribution in [0.5, 0.6) is 0 Å². The SMILES string of the molecule is CC(C)CC(C)N(C)c1ncncc1I. The van der Waals surface area contributed by atoms with Gasteiger partial charge < -0.3 is 4.90 Å². The standard InChI is InChI=1S/C11H18IN3/c1-8(2)5-9(3)15(4)11-10(12)6-13-7-14-11/h6-9H,5H2,1-4H3. The van der Waals surface area contributed by atoms with Crippen LogP contribution in [0.2, 0.25) is 0 Å². The second-order valence-electron chi connectivity index (χ2n) is 4.28. The number of hydrogen-bond acceptors (Lipinski definition) is 3. The molecular formula is C11H18IN3. The van der Waals surface area contributed by atoms with E-state index in [-0.39, 0.29) is 0 Å². The van der Waals surface area contributed by atoms with Gasteiger partial charge in [0.25, 0.3) is 0 Å². The molecule has 4 heteroatoms. The molecule has 0 aliphatic heterocycles. The van der Waals surface area contributed by atoms with Gasteiger partial charge in [0.1, 0.15) is 12.1 Å². The molecule has 0 aromatic carbocycles. The van der Waals surface area contributed by atoms with Crippen molar-refractivity contribution in [2.75, 3.05) is 11.9 Å². The van der Waals surface area contributed by atoms with Crippen LogP contribution in [0.3, 0.4) is 0 Å². The molecule has 1 atom stereocenters. The van der Waals surface area contributed by atoms with Crippen molar-refractivity contribution >= 4 is 28.4 Å². The Morgan fingerprint density at radius 2 is 2.07 bits per heavy atom. The zero-order valence-corrected chi connectivity index (χ0v) is 11.9. The number of aromatic nitrogens is 2. The molecule has 1 rings (SSSR count). The second-order valence-corrected chi connectivity index (χ2v) is 5.45. The van der Waals surface area contributed by atoms with Crippen LogP contribution in [-0.2, 0) is 0 Å². The summed E-state index contributed by atoms with van der Waals surface area (Å²) in [5, 5.41) is 0. The van der Waals surface area contributed by atoms with Crippen LogP contribution in [0.15, 0.2) is 12.5 Å². The van der Waals surface area contributed by atoms with Crippen molar-refractivity contribution < 1.29 is 0 Å². The van der Waals surface area contributed by atoms with Crippen LogP contribution in [0.4, 0.5) is 5.82 Å². The number of anilines is 1. The van der Waals surface area contributed by atoms with Crippen molar-refractivity contribution in [3.05, 3.63) is 16.1 Å². The Kier molecular flexibility index (Phi) is 4.76. The highest BCUT2D eigenvalue weighted by atomic mass is 127. The first-order chi connectivity index (χ1) is 7.02. The average molecular weight is 319 g/mol. The zero-order chi connectivity index (χ0) is 11.4. The molecule has 0 bridgehead atoms. The Balaban J connectivity index is 2.76. The van der Waals surface area contributed by atoms with Crippen LogP contribution >= 0.6 is 22.6 Å². The fourth-order valence-corrected chi connectivity index (χ4v) is 2.30. The molecule has 0 aliphatic rings. The molecule has 0 saturated carbocycles. The van der Waals surface area contributed by atoms with Gasteiger partial charge >= 0.3 is 0 Å². The Morgan fingerprint density at radius 3 is 2.60 bits per heavy atom. The van der Waals surface area contributed by atoms with Gasteiger partial charge in [-0.25, -0.2) is 9.97 Å². The Bertz CT molecular complexity index is 314. The third kappa shape index (κ3) is 3.59. The quantitative estimate of drug-likeness (QED) is 0.799. The molecule has 0 N–H and O–H groups in total. The molecule has 1 aromatic rings. The van der Waals surface area contributed by atoms with E-state index in [9.17, 15) is 0 Å². The third-order valence-electron chi connectivity index (χ3n) is 2.46. The Hall–Kier alpha value is -0.390. The van der Waals surface area contributed by atoms with E-state index >= 15 is 0 Å². The Morgan fingerprint density at radius 1 is 1.40 bits per heavy atom. The van der Waals surface area contributed by atoms with E-state index in [0.29, 0.717) is 12.0 Å². The van der Waals surface area contributed by atoms with Crippen LogP contribution < -0.4 is 4.90 Å². The lowest BCUT2D eigenvalue weighted by Crippen LogP contribution is -2.31. The first kappa shape index (κ1) is 12.7. The molecular weight excluding hydrogens is 301 g/mol. The third-order valence-corrected chi connectivity index (χ3v) is 3.22. The summed E-state index contributed by atoms with van der Waals surface area (Å²) in [4.78, 5) is 10.5. The van der Waals surface area contributed by atoms with Crippen molar-refractivity contribution in [2.45, 2.75) is 33.2 Å². The molecule has 0 spiro atoms. The molecule has 0 saturated heterocycles. The molecule has 1 unspecified atom stereocenters. The van der Waals surface area contributed by atoms with Crippen LogP contribution in [-0.4, -0.2) is 23.1 Å². The molecule has 0 fully saturated rings. The summed E-state index contributed by atoms with van der Waals surface area (Å²) in [7, 11) is 2.09. The van der Waals surface area contributed by atoms with E-state index in [2.05, 4.69) is 65.3 Å². The van der Waals surface area contributed by atoms with Gasteiger partial charge in [-0.15, -0.1) is 0 Å². The van der Waals surface area contributed by atoms with Crippen LogP contribution in [0.1, 0.15) is 27.2 Å². The predicted molar refractivity (Wildman–Crippen MR) is 72.1 cm³/mol. The topological polar surface area (TPSA) is 29.0 Å². The summed E-state index contributed by atoms with van der Waals surface area (Å²) in [6.07, 6.45) is 4.63. The van der Waals surface area contributed by atoms with E-state index in [1.807, 2.05) is 6.20 Å². The van der Waals surface area contributed by atoms with E-state index in [0.717, 1.165) is 9.39 Å². The van der Waals surface area contributed by atoms with Crippen molar-refractivity contribution in [3.8, 4) is 0 Å². The minimum atomic E-state index is 0.508. The van der Waals surface area contributed by atoms with Crippen molar-refractivity contribution in [1.29, 1.82) is 0 Å². The van der Waals surface area contributed by atoms with Gasteiger partial charge in [0, 0.05) is 19.3 Å². The highest BCUT2D eigenvalue weighted by molar-refractivity contribution is 14.1. The van der Waals surface area contributed by atoms with Gasteiger partial charge in [0.15, 0.2) is 0 Å². The first-order valence-corrected chi connectivity index (χ1v) is 6.28. The molecule has 0 radical (unpaired) electrons. The lowest BCUT2D eigenvalue weighted by molar-refractivity contribution is 0.501. The van der Waals surface area contributed by atoms with E-state index in [4.69, 9.17) is 0 Å². The van der Waals surface area contributed by atoms with E-state index < -0.39 is 0 Å². The highest BCUT2D eigenvalue weighted by Crippen LogP contribution is 2.21. The fourth-order valence-electron chi connectivity index (χ4n) is 1.61. The minimum absolute atomic E-state index is 0.508. The molecule has 1 heterocycles. The first-order valence-electron chi connectivity index (χ1n) is 5.20. The fraction of sp³-hybridized carbons (Fsp3) is 0.636. The molecule has 3 nitrogen and oxygen atoms in total. The van der Waals surface area contributed by atoms with Crippen molar-refractivity contribution in [2.24, 2.45) is 5.92 Å². The number of rotatable bonds is 4. The maximum absolute atomic E-state index is 4.31. The summed E-state index contributed by atoms with van der Waals surface area (Å²) < 4.78 is 1.10. The van der Waals surface area contributed by atoms with Gasteiger partial charge in [-0.2, -0.15) is 0 Å². The zero-order valence-electron chi connectivity index (χ0n) is 9.74. The molecule has 1 aromatic heterocycles. The molecule has 15 heavy (non-hydrogen) atoms. The smallest absolute Gasteiger partial charge is 0.145 e. The number of halogens is 1. The number of nitrogens with zero attached hydrogens (tertiary/aromatic N) is 3. The van der Waals surface area contributed by atoms with Crippen LogP contribution in [0.25, 0.3) is 0 Å². The summed E-state index contributed by atoms with van der Waals surface area (Å²) in [5.41, 5.74) is 0. The maximum Gasteiger partial charge on any atom is 0.145 e. The highest BCUT2D eigenvalue weighted by Gasteiger charge is 2.14. The lowest BCUT2D eigenvalue weighted by atomic mass is 10.0. The number of hydrogen-bond donors (Lipinski definition) is 0. The summed E-state index contributed by atoms with van der Waals surface area (Å²) in [5.74, 6) is 1.74. The summed E-state index contributed by atoms with van der Waals surface area (Å²) >= 11 is 2.28. The van der Waals surface area contributed by atoms with E-state index in [1.165, 1.54) is 6.42 Å². The Labute approximate surface area is 105 Å². The average Bonchev–Trinajstić information content (AvgIpc) is 2.16. The lowest BCUT2D eigenvalue weighted by Gasteiger charge is -2.27. The minimum Gasteiger partial charge on any atom is -0.356 e. The molecule has 84 valence electrons. The van der Waals surface area contributed by atoms with Crippen LogP contribution in [0, 0.1) is 9.49 Å². The summed E-state index contributed by atoms with van der Waals surface area (Å²) in [6, 6.07) is 0.508. The largest absolute Gasteiger partial charge is 0.356 e. The predicted octanol–water partition coefficient (Wildman–Crippen LogP) is 2.95. The van der Waals surface area contributed by atoms with E-state index in [1.54, 1.807) is 6.33 Å². The van der Waals surface area contributed by atoms with Gasteiger partial charge in [-0.1, -0.05) is 13.8 Å². The van der Waals surface area contributed by atoms with Crippen molar-refractivity contribution in [3.63, 3.8) is 0 Å². The van der Waals surface area contributed by atoms with Gasteiger partial charge in [-0.3, -0.25) is 0 Å². The molecule has 0 amide bonds. The van der Waals surface area contributed by atoms with Crippen molar-refractivity contribution in [1.82, 2.24) is 9.97 Å². The van der Waals surface area contributed by atoms with Gasteiger partial charge in [0.2, 0.25) is 0 Å². The molecule has 0 aliphatic carbocycles. The summed E-state index contributed by atoms with van der Waals surface area (Å²) in [6.45, 7) is 6.72. The second kappa shape index (κ2) is 5.63. The maximum atomic E-state index is 4.31. The van der Waals surface area contributed by atoms with Gasteiger partial charge in [0.05, 0.1) is 3.57 Å². The monoisotopic (exact) mass is 319 g/mol.